The second kappa shape index (κ2) is 4.69. The van der Waals surface area contributed by atoms with E-state index in [4.69, 9.17) is 5.11 Å². The third-order valence-electron chi connectivity index (χ3n) is 3.77. The van der Waals surface area contributed by atoms with Crippen LogP contribution >= 0.6 is 0 Å². The van der Waals surface area contributed by atoms with Crippen LogP contribution in [-0.2, 0) is 4.79 Å². The summed E-state index contributed by atoms with van der Waals surface area (Å²) in [6.07, 6.45) is 0.743. The molecular formula is C11H19NO4. The van der Waals surface area contributed by atoms with Crippen molar-refractivity contribution in [2.24, 2.45) is 11.8 Å². The molecule has 1 heterocycles. The maximum Gasteiger partial charge on any atom is 0.306 e. The molecule has 3 N–H and O–H groups in total. The van der Waals surface area contributed by atoms with Gasteiger partial charge < -0.3 is 20.2 Å². The van der Waals surface area contributed by atoms with Crippen molar-refractivity contribution in [2.45, 2.75) is 31.5 Å². The van der Waals surface area contributed by atoms with E-state index in [1.165, 1.54) is 0 Å². The molecule has 0 aromatic carbocycles. The van der Waals surface area contributed by atoms with E-state index in [9.17, 15) is 15.0 Å². The first-order valence-corrected chi connectivity index (χ1v) is 5.86. The molecule has 0 radical (unpaired) electrons. The molecule has 5 nitrogen and oxygen atoms in total. The average Bonchev–Trinajstić information content (AvgIpc) is 2.67. The number of rotatable bonds is 4. The highest BCUT2D eigenvalue weighted by atomic mass is 16.4. The lowest BCUT2D eigenvalue weighted by Gasteiger charge is -2.20. The Labute approximate surface area is 94.7 Å². The third kappa shape index (κ3) is 2.53. The number of likely N-dealkylation sites (tertiary alicyclic amines) is 1. The number of nitrogens with zero attached hydrogens (tertiary/aromatic N) is 1. The number of β-amino-alcohol motifs (C(OH)–C–C–N with tert-alkyl or cyclic N) is 1. The zero-order valence-electron chi connectivity index (χ0n) is 9.25. The summed E-state index contributed by atoms with van der Waals surface area (Å²) in [5.74, 6) is -0.101. The van der Waals surface area contributed by atoms with Gasteiger partial charge in [-0.05, 0) is 18.8 Å². The number of aliphatic hydroxyl groups is 2. The Bertz CT molecular complexity index is 271. The zero-order valence-corrected chi connectivity index (χ0v) is 9.25. The number of fused-ring (bicyclic) bond motifs is 1. The Kier molecular flexibility index (Phi) is 3.47. The summed E-state index contributed by atoms with van der Waals surface area (Å²) in [6, 6.07) is 0. The van der Waals surface area contributed by atoms with Gasteiger partial charge in [0.05, 0.1) is 18.6 Å². The predicted molar refractivity (Wildman–Crippen MR) is 56.9 cm³/mol. The van der Waals surface area contributed by atoms with E-state index in [1.54, 1.807) is 0 Å². The summed E-state index contributed by atoms with van der Waals surface area (Å²) in [6.45, 7) is 2.09. The lowest BCUT2D eigenvalue weighted by molar-refractivity contribution is -0.139. The molecule has 2 rings (SSSR count). The highest BCUT2D eigenvalue weighted by Gasteiger charge is 2.41. The molecule has 16 heavy (non-hydrogen) atoms. The van der Waals surface area contributed by atoms with Crippen molar-refractivity contribution in [2.75, 3.05) is 19.6 Å². The van der Waals surface area contributed by atoms with E-state index in [1.807, 2.05) is 0 Å². The predicted octanol–water partition coefficient (Wildman–Crippen LogP) is -0.475. The number of aliphatic carboxylic acids is 1. The molecule has 5 heteroatoms. The van der Waals surface area contributed by atoms with Crippen molar-refractivity contribution in [3.63, 3.8) is 0 Å². The van der Waals surface area contributed by atoms with Crippen LogP contribution in [0.4, 0.5) is 0 Å². The number of hydrogen-bond acceptors (Lipinski definition) is 4. The van der Waals surface area contributed by atoms with Gasteiger partial charge in [-0.2, -0.15) is 0 Å². The Morgan fingerprint density at radius 1 is 1.38 bits per heavy atom. The first-order valence-electron chi connectivity index (χ1n) is 5.86. The molecule has 0 aromatic rings. The molecule has 2 fully saturated rings. The largest absolute Gasteiger partial charge is 0.481 e. The molecule has 4 atom stereocenters. The van der Waals surface area contributed by atoms with Crippen LogP contribution < -0.4 is 0 Å². The Morgan fingerprint density at radius 2 is 2.12 bits per heavy atom. The fourth-order valence-corrected chi connectivity index (χ4v) is 3.04. The zero-order chi connectivity index (χ0) is 11.7. The molecule has 1 saturated carbocycles. The van der Waals surface area contributed by atoms with Crippen LogP contribution in [0.3, 0.4) is 0 Å². The lowest BCUT2D eigenvalue weighted by Crippen LogP contribution is -2.33. The van der Waals surface area contributed by atoms with Crippen molar-refractivity contribution in [1.82, 2.24) is 4.90 Å². The summed E-state index contributed by atoms with van der Waals surface area (Å²) >= 11 is 0. The molecule has 1 aliphatic carbocycles. The van der Waals surface area contributed by atoms with Crippen LogP contribution in [0.5, 0.6) is 0 Å². The fourth-order valence-electron chi connectivity index (χ4n) is 3.04. The van der Waals surface area contributed by atoms with Gasteiger partial charge in [0, 0.05) is 25.6 Å². The summed E-state index contributed by atoms with van der Waals surface area (Å²) in [4.78, 5) is 12.5. The molecule has 92 valence electrons. The SMILES string of the molecule is O=C(O)CC(O)CN1CC2CCC(O)C2C1. The molecule has 0 spiro atoms. The normalized spacial score (nSPS) is 36.2. The maximum absolute atomic E-state index is 10.4. The van der Waals surface area contributed by atoms with Crippen molar-refractivity contribution < 1.29 is 20.1 Å². The second-order valence-corrected chi connectivity index (χ2v) is 5.04. The third-order valence-corrected chi connectivity index (χ3v) is 3.77. The van der Waals surface area contributed by atoms with Gasteiger partial charge >= 0.3 is 5.97 Å². The highest BCUT2D eigenvalue weighted by molar-refractivity contribution is 5.67. The van der Waals surface area contributed by atoms with Gasteiger partial charge in [0.15, 0.2) is 0 Å². The first-order chi connectivity index (χ1) is 7.56. The van der Waals surface area contributed by atoms with Crippen LogP contribution in [-0.4, -0.2) is 58.0 Å². The van der Waals surface area contributed by atoms with E-state index in [-0.39, 0.29) is 12.5 Å². The molecular weight excluding hydrogens is 210 g/mol. The number of hydrogen-bond donors (Lipinski definition) is 3. The number of carboxylic acids is 1. The monoisotopic (exact) mass is 229 g/mol. The molecule has 4 unspecified atom stereocenters. The lowest BCUT2D eigenvalue weighted by atomic mass is 10.00. The summed E-state index contributed by atoms with van der Waals surface area (Å²) in [5.41, 5.74) is 0. The average molecular weight is 229 g/mol. The maximum atomic E-state index is 10.4. The summed E-state index contributed by atoms with van der Waals surface area (Å²) in [7, 11) is 0. The quantitative estimate of drug-likeness (QED) is 0.607. The van der Waals surface area contributed by atoms with E-state index in [0.29, 0.717) is 18.4 Å². The van der Waals surface area contributed by atoms with Crippen LogP contribution in [0.15, 0.2) is 0 Å². The van der Waals surface area contributed by atoms with Gasteiger partial charge in [-0.25, -0.2) is 0 Å². The van der Waals surface area contributed by atoms with Gasteiger partial charge in [0.25, 0.3) is 0 Å². The van der Waals surface area contributed by atoms with Crippen LogP contribution in [0, 0.1) is 11.8 Å². The van der Waals surface area contributed by atoms with Crippen molar-refractivity contribution >= 4 is 5.97 Å². The minimum atomic E-state index is -0.966. The Hall–Kier alpha value is -0.650. The Morgan fingerprint density at radius 3 is 2.75 bits per heavy atom. The van der Waals surface area contributed by atoms with Gasteiger partial charge in [-0.15, -0.1) is 0 Å². The van der Waals surface area contributed by atoms with E-state index in [0.717, 1.165) is 25.9 Å². The fraction of sp³-hybridized carbons (Fsp3) is 0.909. The minimum absolute atomic E-state index is 0.200. The van der Waals surface area contributed by atoms with Crippen molar-refractivity contribution in [3.05, 3.63) is 0 Å². The van der Waals surface area contributed by atoms with Crippen LogP contribution in [0.2, 0.25) is 0 Å². The van der Waals surface area contributed by atoms with Gasteiger partial charge in [0.2, 0.25) is 0 Å². The van der Waals surface area contributed by atoms with E-state index in [2.05, 4.69) is 4.90 Å². The molecule has 1 aliphatic heterocycles. The summed E-state index contributed by atoms with van der Waals surface area (Å²) < 4.78 is 0. The summed E-state index contributed by atoms with van der Waals surface area (Å²) in [5, 5.41) is 27.8. The molecule has 2 aliphatic rings. The molecule has 1 saturated heterocycles. The van der Waals surface area contributed by atoms with Crippen molar-refractivity contribution in [3.8, 4) is 0 Å². The number of carboxylic acid groups (broad SMARTS) is 1. The smallest absolute Gasteiger partial charge is 0.306 e. The van der Waals surface area contributed by atoms with E-state index >= 15 is 0 Å². The van der Waals surface area contributed by atoms with Crippen LogP contribution in [0.1, 0.15) is 19.3 Å². The van der Waals surface area contributed by atoms with Gasteiger partial charge in [0.1, 0.15) is 0 Å². The molecule has 0 aromatic heterocycles. The number of aliphatic hydroxyl groups excluding tert-OH is 2. The first kappa shape index (κ1) is 11.8. The molecule has 0 bridgehead atoms. The minimum Gasteiger partial charge on any atom is -0.481 e. The van der Waals surface area contributed by atoms with Gasteiger partial charge in [-0.1, -0.05) is 0 Å². The molecule has 0 amide bonds. The highest BCUT2D eigenvalue weighted by Crippen LogP contribution is 2.37. The standard InChI is InChI=1S/C11H19NO4/c13-8(3-11(15)16)5-12-4-7-1-2-10(14)9(7)6-12/h7-10,13-14H,1-6H2,(H,15,16). The van der Waals surface area contributed by atoms with Gasteiger partial charge in [-0.3, -0.25) is 4.79 Å². The van der Waals surface area contributed by atoms with Crippen molar-refractivity contribution in [1.29, 1.82) is 0 Å². The van der Waals surface area contributed by atoms with Crippen LogP contribution in [0.25, 0.3) is 0 Å². The number of carbonyl (C=O) groups is 1. The second-order valence-electron chi connectivity index (χ2n) is 5.04. The Balaban J connectivity index is 1.79. The van der Waals surface area contributed by atoms with E-state index < -0.39 is 12.1 Å². The topological polar surface area (TPSA) is 81.0 Å².